The lowest BCUT2D eigenvalue weighted by atomic mass is 10.0. The summed E-state index contributed by atoms with van der Waals surface area (Å²) in [5, 5.41) is 8.71. The van der Waals surface area contributed by atoms with E-state index < -0.39 is 5.97 Å². The highest BCUT2D eigenvalue weighted by molar-refractivity contribution is 5.69. The van der Waals surface area contributed by atoms with Crippen molar-refractivity contribution in [1.82, 2.24) is 0 Å². The maximum Gasteiger partial charge on any atom is 0.306 e. The maximum absolute atomic E-state index is 12.2. The van der Waals surface area contributed by atoms with E-state index in [1.165, 1.54) is 109 Å². The molecule has 1 unspecified atom stereocenters. The topological polar surface area (TPSA) is 63.6 Å². The van der Waals surface area contributed by atoms with Crippen LogP contribution in [0.1, 0.15) is 187 Å². The Balaban J connectivity index is 3.44. The molecule has 0 aromatic rings. The zero-order chi connectivity index (χ0) is 27.9. The predicted octanol–water partition coefficient (Wildman–Crippen LogP) is 11.1. The number of carbonyl (C=O) groups excluding carboxylic acids is 1. The second-order valence-corrected chi connectivity index (χ2v) is 11.3. The molecule has 38 heavy (non-hydrogen) atoms. The van der Waals surface area contributed by atoms with Crippen molar-refractivity contribution in [2.24, 2.45) is 0 Å². The normalized spacial score (nSPS) is 12.3. The molecule has 1 N–H and O–H groups in total. The molecule has 1 atom stereocenters. The van der Waals surface area contributed by atoms with Crippen molar-refractivity contribution in [3.05, 3.63) is 12.2 Å². The van der Waals surface area contributed by atoms with E-state index in [2.05, 4.69) is 26.0 Å². The van der Waals surface area contributed by atoms with Crippen LogP contribution in [0.2, 0.25) is 0 Å². The van der Waals surface area contributed by atoms with Gasteiger partial charge in [0, 0.05) is 12.8 Å². The highest BCUT2D eigenvalue weighted by Gasteiger charge is 2.13. The Hall–Kier alpha value is -1.32. The zero-order valence-corrected chi connectivity index (χ0v) is 25.5. The van der Waals surface area contributed by atoms with Gasteiger partial charge in [0.05, 0.1) is 0 Å². The minimum Gasteiger partial charge on any atom is -0.481 e. The number of rotatable bonds is 30. The summed E-state index contributed by atoms with van der Waals surface area (Å²) < 4.78 is 5.70. The second kappa shape index (κ2) is 30.2. The Morgan fingerprint density at radius 2 is 1.00 bits per heavy atom. The SMILES string of the molecule is CCCCCCCCCC/C=C\CCCCCCCCCCCC(=O)OC(CCC)CCCCCC(=O)O. The molecular weight excluding hydrogens is 472 g/mol. The highest BCUT2D eigenvalue weighted by atomic mass is 16.5. The number of hydrogen-bond acceptors (Lipinski definition) is 3. The van der Waals surface area contributed by atoms with Crippen molar-refractivity contribution in [2.45, 2.75) is 193 Å². The standard InChI is InChI=1S/C34H64O4/c1-3-5-6-7-8-9-10-11-12-13-14-15-16-17-18-19-20-21-22-23-27-31-34(37)38-32(28-4-2)29-25-24-26-30-33(35)36/h13-14,32H,3-12,15-31H2,1-2H3,(H,35,36)/b14-13-. The third-order valence-electron chi connectivity index (χ3n) is 7.47. The molecule has 0 radical (unpaired) electrons. The van der Waals surface area contributed by atoms with Crippen LogP contribution in [-0.4, -0.2) is 23.1 Å². The number of carboxylic acids is 1. The molecule has 0 heterocycles. The van der Waals surface area contributed by atoms with E-state index in [0.717, 1.165) is 44.9 Å². The van der Waals surface area contributed by atoms with Gasteiger partial charge in [-0.2, -0.15) is 0 Å². The van der Waals surface area contributed by atoms with Crippen LogP contribution in [0.25, 0.3) is 0 Å². The predicted molar refractivity (Wildman–Crippen MR) is 163 cm³/mol. The lowest BCUT2D eigenvalue weighted by Crippen LogP contribution is -2.18. The van der Waals surface area contributed by atoms with Crippen LogP contribution in [0.4, 0.5) is 0 Å². The molecule has 0 spiro atoms. The Kier molecular flexibility index (Phi) is 29.2. The molecule has 4 heteroatoms. The van der Waals surface area contributed by atoms with E-state index in [0.29, 0.717) is 12.8 Å². The third-order valence-corrected chi connectivity index (χ3v) is 7.47. The van der Waals surface area contributed by atoms with Crippen LogP contribution >= 0.6 is 0 Å². The van der Waals surface area contributed by atoms with Gasteiger partial charge in [0.15, 0.2) is 0 Å². The number of aliphatic carboxylic acids is 1. The van der Waals surface area contributed by atoms with Crippen LogP contribution < -0.4 is 0 Å². The molecule has 0 aliphatic rings. The molecule has 0 saturated carbocycles. The summed E-state index contributed by atoms with van der Waals surface area (Å²) in [5.41, 5.74) is 0. The number of unbranched alkanes of at least 4 members (excludes halogenated alkanes) is 19. The molecule has 0 saturated heterocycles. The van der Waals surface area contributed by atoms with Crippen molar-refractivity contribution in [1.29, 1.82) is 0 Å². The summed E-state index contributed by atoms with van der Waals surface area (Å²) >= 11 is 0. The minimum atomic E-state index is -0.732. The summed E-state index contributed by atoms with van der Waals surface area (Å²) in [6.07, 6.45) is 35.9. The van der Waals surface area contributed by atoms with E-state index in [-0.39, 0.29) is 18.5 Å². The molecule has 0 rings (SSSR count). The third kappa shape index (κ3) is 29.2. The quantitative estimate of drug-likeness (QED) is 0.0563. The van der Waals surface area contributed by atoms with Crippen molar-refractivity contribution >= 4 is 11.9 Å². The van der Waals surface area contributed by atoms with Gasteiger partial charge in [-0.15, -0.1) is 0 Å². The first-order chi connectivity index (χ1) is 18.6. The molecule has 0 amide bonds. The smallest absolute Gasteiger partial charge is 0.306 e. The van der Waals surface area contributed by atoms with Crippen molar-refractivity contribution in [2.75, 3.05) is 0 Å². The van der Waals surface area contributed by atoms with Gasteiger partial charge in [-0.05, 0) is 57.8 Å². The summed E-state index contributed by atoms with van der Waals surface area (Å²) in [6.45, 7) is 4.39. The van der Waals surface area contributed by atoms with Gasteiger partial charge in [0.2, 0.25) is 0 Å². The first-order valence-electron chi connectivity index (χ1n) is 16.7. The van der Waals surface area contributed by atoms with Gasteiger partial charge < -0.3 is 9.84 Å². The molecule has 224 valence electrons. The molecule has 0 fully saturated rings. The largest absolute Gasteiger partial charge is 0.481 e. The summed E-state index contributed by atoms with van der Waals surface area (Å²) in [6, 6.07) is 0. The van der Waals surface area contributed by atoms with Crippen molar-refractivity contribution in [3.63, 3.8) is 0 Å². The zero-order valence-electron chi connectivity index (χ0n) is 25.5. The highest BCUT2D eigenvalue weighted by Crippen LogP contribution is 2.16. The van der Waals surface area contributed by atoms with Crippen LogP contribution in [-0.2, 0) is 14.3 Å². The number of hydrogen-bond donors (Lipinski definition) is 1. The van der Waals surface area contributed by atoms with E-state index in [4.69, 9.17) is 9.84 Å². The Labute approximate surface area is 236 Å². The van der Waals surface area contributed by atoms with Gasteiger partial charge in [0.1, 0.15) is 6.10 Å². The van der Waals surface area contributed by atoms with Crippen molar-refractivity contribution < 1.29 is 19.4 Å². The van der Waals surface area contributed by atoms with E-state index >= 15 is 0 Å². The molecule has 0 aliphatic carbocycles. The van der Waals surface area contributed by atoms with Crippen LogP contribution in [0.5, 0.6) is 0 Å². The molecule has 4 nitrogen and oxygen atoms in total. The molecule has 0 aromatic carbocycles. The molecule has 0 aliphatic heterocycles. The van der Waals surface area contributed by atoms with Gasteiger partial charge >= 0.3 is 11.9 Å². The van der Waals surface area contributed by atoms with E-state index in [1.807, 2.05) is 0 Å². The van der Waals surface area contributed by atoms with Gasteiger partial charge in [-0.25, -0.2) is 0 Å². The number of ether oxygens (including phenoxy) is 1. The summed E-state index contributed by atoms with van der Waals surface area (Å²) in [5.74, 6) is -0.787. The second-order valence-electron chi connectivity index (χ2n) is 11.3. The van der Waals surface area contributed by atoms with Crippen molar-refractivity contribution in [3.8, 4) is 0 Å². The number of carboxylic acid groups (broad SMARTS) is 1. The Morgan fingerprint density at radius 1 is 0.553 bits per heavy atom. The van der Waals surface area contributed by atoms with Crippen LogP contribution in [0.3, 0.4) is 0 Å². The van der Waals surface area contributed by atoms with Gasteiger partial charge in [-0.3, -0.25) is 9.59 Å². The molecule has 0 bridgehead atoms. The van der Waals surface area contributed by atoms with Crippen LogP contribution in [0.15, 0.2) is 12.2 Å². The Bertz CT molecular complexity index is 543. The lowest BCUT2D eigenvalue weighted by molar-refractivity contribution is -0.150. The molecular formula is C34H64O4. The number of allylic oxidation sites excluding steroid dienone is 2. The van der Waals surface area contributed by atoms with E-state index in [1.54, 1.807) is 0 Å². The average molecular weight is 537 g/mol. The fourth-order valence-corrected chi connectivity index (χ4v) is 5.05. The average Bonchev–Trinajstić information content (AvgIpc) is 2.89. The van der Waals surface area contributed by atoms with Gasteiger partial charge in [-0.1, -0.05) is 129 Å². The lowest BCUT2D eigenvalue weighted by Gasteiger charge is -2.17. The monoisotopic (exact) mass is 536 g/mol. The number of esters is 1. The summed E-state index contributed by atoms with van der Waals surface area (Å²) in [7, 11) is 0. The first kappa shape index (κ1) is 36.7. The van der Waals surface area contributed by atoms with E-state index in [9.17, 15) is 9.59 Å². The Morgan fingerprint density at radius 3 is 1.50 bits per heavy atom. The molecule has 0 aromatic heterocycles. The van der Waals surface area contributed by atoms with Crippen LogP contribution in [0, 0.1) is 0 Å². The fraction of sp³-hybridized carbons (Fsp3) is 0.882. The fourth-order valence-electron chi connectivity index (χ4n) is 5.05. The summed E-state index contributed by atoms with van der Waals surface area (Å²) in [4.78, 5) is 22.8. The van der Waals surface area contributed by atoms with Gasteiger partial charge in [0.25, 0.3) is 0 Å². The number of carbonyl (C=O) groups is 2. The minimum absolute atomic E-state index is 0.00252. The maximum atomic E-state index is 12.2. The first-order valence-corrected chi connectivity index (χ1v) is 16.7.